The fourth-order valence-electron chi connectivity index (χ4n) is 9.66. The molecule has 4 fully saturated rings. The number of hydrogen-bond donors (Lipinski definition) is 2. The molecule has 4 aliphatic rings. The molecule has 0 aliphatic carbocycles. The number of benzene rings is 2. The first-order valence-electron chi connectivity index (χ1n) is 19.6. The van der Waals surface area contributed by atoms with Crippen molar-refractivity contribution in [3.63, 3.8) is 0 Å². The van der Waals surface area contributed by atoms with Crippen molar-refractivity contribution < 1.29 is 33.0 Å². The van der Waals surface area contributed by atoms with Gasteiger partial charge in [-0.15, -0.1) is 11.3 Å². The minimum absolute atomic E-state index is 0.00625. The first kappa shape index (κ1) is 39.3. The number of halogens is 3. The lowest BCUT2D eigenvalue weighted by atomic mass is 9.86. The van der Waals surface area contributed by atoms with Crippen molar-refractivity contribution in [1.29, 1.82) is 5.26 Å². The molecule has 2 aromatic heterocycles. The number of carbonyl (C=O) groups excluding carboxylic acids is 1. The van der Waals surface area contributed by atoms with Crippen molar-refractivity contribution >= 4 is 66.9 Å². The van der Waals surface area contributed by atoms with Crippen LogP contribution in [0.4, 0.5) is 29.2 Å². The molecule has 4 saturated heterocycles. The van der Waals surface area contributed by atoms with Gasteiger partial charge in [0.15, 0.2) is 5.82 Å². The predicted octanol–water partition coefficient (Wildman–Crippen LogP) is 9.27. The summed E-state index contributed by atoms with van der Waals surface area (Å²) in [6, 6.07) is 5.63. The first-order valence-corrected chi connectivity index (χ1v) is 20.8. The minimum Gasteiger partial charge on any atom is -0.465 e. The van der Waals surface area contributed by atoms with Crippen molar-refractivity contribution in [1.82, 2.24) is 19.8 Å². The van der Waals surface area contributed by atoms with Gasteiger partial charge in [0.1, 0.15) is 40.4 Å². The molecule has 0 radical (unpaired) electrons. The number of piperazine rings is 1. The van der Waals surface area contributed by atoms with E-state index in [2.05, 4.69) is 30.1 Å². The van der Waals surface area contributed by atoms with Gasteiger partial charge in [0.05, 0.1) is 32.9 Å². The third-order valence-electron chi connectivity index (χ3n) is 12.2. The quantitative estimate of drug-likeness (QED) is 0.177. The maximum Gasteiger partial charge on any atom is 0.412 e. The molecule has 302 valence electrons. The van der Waals surface area contributed by atoms with Crippen LogP contribution >= 0.6 is 22.9 Å². The largest absolute Gasteiger partial charge is 0.465 e. The highest BCUT2D eigenvalue weighted by Gasteiger charge is 2.51. The van der Waals surface area contributed by atoms with E-state index in [-0.39, 0.29) is 65.9 Å². The summed E-state index contributed by atoms with van der Waals surface area (Å²) in [4.78, 5) is 40.5. The molecule has 4 aliphatic heterocycles. The van der Waals surface area contributed by atoms with E-state index in [1.54, 1.807) is 26.8 Å². The van der Waals surface area contributed by atoms with Crippen LogP contribution in [-0.4, -0.2) is 93.1 Å². The maximum atomic E-state index is 17.5. The summed E-state index contributed by atoms with van der Waals surface area (Å²) in [6.45, 7) is 12.5. The average molecular weight is 822 g/mol. The molecule has 0 saturated carbocycles. The molecule has 57 heavy (non-hydrogen) atoms. The maximum absolute atomic E-state index is 17.5. The monoisotopic (exact) mass is 821 g/mol. The summed E-state index contributed by atoms with van der Waals surface area (Å²) in [7, 11) is 0. The van der Waals surface area contributed by atoms with Gasteiger partial charge in [-0.1, -0.05) is 44.4 Å². The number of hydrogen-bond acceptors (Lipinski definition) is 10. The Kier molecular flexibility index (Phi) is 10.1. The van der Waals surface area contributed by atoms with Crippen LogP contribution in [0.15, 0.2) is 18.2 Å². The number of nitriles is 1. The Bertz CT molecular complexity index is 2300. The third-order valence-corrected chi connectivity index (χ3v) is 13.6. The molecule has 16 heteroatoms. The lowest BCUT2D eigenvalue weighted by Gasteiger charge is -2.40. The Morgan fingerprint density at radius 2 is 1.75 bits per heavy atom. The highest BCUT2D eigenvalue weighted by Crippen LogP contribution is 2.48. The van der Waals surface area contributed by atoms with E-state index in [1.807, 2.05) is 4.90 Å². The SMILES string of the molecule is CCC1CN2CC(CC)CC2(COc2nc(N3C[C@H]4CC[C@@H](C3)N4C(=O)O)c3cc(Cl)c(-c4ccc(F)c5sc(NC(=O)OC(C)(C)C)c(C#N)c45)c(F)c3n2)C1. The van der Waals surface area contributed by atoms with E-state index < -0.39 is 29.4 Å². The molecule has 2 N–H and O–H groups in total. The highest BCUT2D eigenvalue weighted by molar-refractivity contribution is 7.23. The summed E-state index contributed by atoms with van der Waals surface area (Å²) in [5.41, 5.74) is -1.14. The number of aromatic nitrogens is 2. The zero-order chi connectivity index (χ0) is 40.6. The Labute approximate surface area is 338 Å². The lowest BCUT2D eigenvalue weighted by Crippen LogP contribution is -2.55. The van der Waals surface area contributed by atoms with Crippen LogP contribution in [0, 0.1) is 34.8 Å². The van der Waals surface area contributed by atoms with Crippen molar-refractivity contribution in [2.45, 2.75) is 96.4 Å². The van der Waals surface area contributed by atoms with E-state index >= 15 is 8.78 Å². The number of nitrogens with one attached hydrogen (secondary N) is 1. The Hall–Kier alpha value is -4.52. The lowest BCUT2D eigenvalue weighted by molar-refractivity contribution is 0.0636. The van der Waals surface area contributed by atoms with E-state index in [4.69, 9.17) is 31.0 Å². The summed E-state index contributed by atoms with van der Waals surface area (Å²) in [5.74, 6) is -0.00360. The van der Waals surface area contributed by atoms with Crippen molar-refractivity contribution in [2.75, 3.05) is 43.0 Å². The van der Waals surface area contributed by atoms with E-state index in [1.165, 1.54) is 17.0 Å². The topological polar surface area (TPSA) is 144 Å². The number of carbonyl (C=O) groups is 2. The molecule has 6 heterocycles. The van der Waals surface area contributed by atoms with Gasteiger partial charge in [0, 0.05) is 42.5 Å². The van der Waals surface area contributed by atoms with Crippen molar-refractivity contribution in [2.24, 2.45) is 11.8 Å². The molecule has 8 rings (SSSR count). The summed E-state index contributed by atoms with van der Waals surface area (Å²) in [6.07, 6.45) is 3.71. The first-order chi connectivity index (χ1) is 27.1. The molecule has 0 spiro atoms. The van der Waals surface area contributed by atoms with Crippen LogP contribution in [-0.2, 0) is 4.74 Å². The molecular weight excluding hydrogens is 776 g/mol. The molecule has 2 aromatic carbocycles. The van der Waals surface area contributed by atoms with Crippen LogP contribution in [0.2, 0.25) is 5.02 Å². The normalized spacial score (nSPS) is 24.6. The van der Waals surface area contributed by atoms with Crippen LogP contribution in [0.1, 0.15) is 78.7 Å². The second kappa shape index (κ2) is 14.7. The summed E-state index contributed by atoms with van der Waals surface area (Å²) in [5, 5.41) is 23.3. The number of ether oxygens (including phenoxy) is 2. The number of fused-ring (bicyclic) bond motifs is 5. The average Bonchev–Trinajstić information content (AvgIpc) is 3.87. The molecule has 4 aromatic rings. The van der Waals surface area contributed by atoms with E-state index in [9.17, 15) is 20.0 Å². The van der Waals surface area contributed by atoms with Crippen LogP contribution < -0.4 is 15.0 Å². The molecule has 4 atom stereocenters. The fourth-order valence-corrected chi connectivity index (χ4v) is 11.0. The molecule has 2 amide bonds. The van der Waals surface area contributed by atoms with Crippen LogP contribution in [0.25, 0.3) is 32.1 Å². The predicted molar refractivity (Wildman–Crippen MR) is 215 cm³/mol. The number of amides is 2. The number of nitrogens with zero attached hydrogens (tertiary/aromatic N) is 6. The fraction of sp³-hybridized carbons (Fsp3) is 0.537. The van der Waals surface area contributed by atoms with Crippen molar-refractivity contribution in [3.8, 4) is 23.2 Å². The van der Waals surface area contributed by atoms with Gasteiger partial charge < -0.3 is 19.5 Å². The number of anilines is 2. The van der Waals surface area contributed by atoms with Crippen molar-refractivity contribution in [3.05, 3.63) is 40.4 Å². The number of carboxylic acid groups (broad SMARTS) is 1. The second-order valence-corrected chi connectivity index (χ2v) is 18.4. The second-order valence-electron chi connectivity index (χ2n) is 17.0. The Morgan fingerprint density at radius 3 is 2.35 bits per heavy atom. The minimum atomic E-state index is -0.967. The molecule has 12 nitrogen and oxygen atoms in total. The summed E-state index contributed by atoms with van der Waals surface area (Å²) >= 11 is 7.83. The molecule has 2 bridgehead atoms. The molecule has 2 unspecified atom stereocenters. The number of rotatable bonds is 8. The van der Waals surface area contributed by atoms with Gasteiger partial charge in [-0.05, 0) is 76.0 Å². The summed E-state index contributed by atoms with van der Waals surface area (Å²) < 4.78 is 44.9. The van der Waals surface area contributed by atoms with Gasteiger partial charge >= 0.3 is 18.2 Å². The highest BCUT2D eigenvalue weighted by atomic mass is 35.5. The number of thiophene rings is 1. The molecular formula is C41H46ClF2N7O5S. The zero-order valence-electron chi connectivity index (χ0n) is 32.6. The zero-order valence-corrected chi connectivity index (χ0v) is 34.2. The van der Waals surface area contributed by atoms with Gasteiger partial charge in [0.2, 0.25) is 0 Å². The third kappa shape index (κ3) is 6.97. The van der Waals surface area contributed by atoms with Gasteiger partial charge in [-0.3, -0.25) is 15.1 Å². The standard InChI is InChI=1S/C41H46ClF2N7O5S/c1-6-21-13-41(14-22(7-2)17-50(41)16-21)20-55-37-46-33-26(35(47-37)49-18-23-8-9-24(19-49)51(23)39(53)54)12-28(42)31(32(33)44)25-10-11-29(43)34-30(25)27(15-45)36(57-34)48-38(52)56-40(3,4)5/h10-12,21-24H,6-9,13-14,16-20H2,1-5H3,(H,48,52)(H,53,54)/t21?,22?,23-,24+,41?. The van der Waals surface area contributed by atoms with Crippen LogP contribution in [0.5, 0.6) is 6.01 Å². The smallest absolute Gasteiger partial charge is 0.412 e. The Balaban J connectivity index is 1.25. The van der Waals surface area contributed by atoms with Gasteiger partial charge in [-0.25, -0.2) is 18.4 Å². The van der Waals surface area contributed by atoms with Gasteiger partial charge in [-0.2, -0.15) is 15.2 Å². The van der Waals surface area contributed by atoms with Gasteiger partial charge in [0.25, 0.3) is 0 Å². The Morgan fingerprint density at radius 1 is 1.09 bits per heavy atom. The van der Waals surface area contributed by atoms with E-state index in [0.717, 1.165) is 50.1 Å². The van der Waals surface area contributed by atoms with E-state index in [0.29, 0.717) is 55.6 Å². The van der Waals surface area contributed by atoms with Crippen LogP contribution in [0.3, 0.4) is 0 Å².